The van der Waals surface area contributed by atoms with Gasteiger partial charge in [-0.2, -0.15) is 5.10 Å². The van der Waals surface area contributed by atoms with E-state index in [2.05, 4.69) is 30.8 Å². The van der Waals surface area contributed by atoms with Gasteiger partial charge in [0.05, 0.1) is 12.6 Å². The zero-order valence-electron chi connectivity index (χ0n) is 16.1. The molecule has 0 saturated carbocycles. The van der Waals surface area contributed by atoms with Gasteiger partial charge in [0.2, 0.25) is 0 Å². The van der Waals surface area contributed by atoms with Crippen molar-refractivity contribution in [3.05, 3.63) is 36.3 Å². The zero-order valence-corrected chi connectivity index (χ0v) is 16.1. The fourth-order valence-electron chi connectivity index (χ4n) is 2.81. The summed E-state index contributed by atoms with van der Waals surface area (Å²) < 4.78 is 4.72. The fraction of sp³-hybridized carbons (Fsp3) is 0.316. The summed E-state index contributed by atoms with van der Waals surface area (Å²) in [5, 5.41) is 13.4. The molecule has 3 aromatic heterocycles. The first-order valence-electron chi connectivity index (χ1n) is 8.81. The number of rotatable bonds is 5. The van der Waals surface area contributed by atoms with Crippen LogP contribution in [0.4, 0.5) is 10.6 Å². The van der Waals surface area contributed by atoms with Gasteiger partial charge in [-0.1, -0.05) is 13.8 Å². The van der Waals surface area contributed by atoms with Crippen LogP contribution < -0.4 is 10.6 Å². The van der Waals surface area contributed by atoms with Crippen molar-refractivity contribution in [1.29, 1.82) is 0 Å². The maximum atomic E-state index is 12.2. The number of aryl methyl sites for hydroxylation is 1. The van der Waals surface area contributed by atoms with Gasteiger partial charge in [0.15, 0.2) is 0 Å². The van der Waals surface area contributed by atoms with E-state index >= 15 is 0 Å². The number of amides is 2. The number of carbonyl (C=O) groups excluding carboxylic acids is 2. The fourth-order valence-corrected chi connectivity index (χ4v) is 2.81. The predicted molar refractivity (Wildman–Crippen MR) is 105 cm³/mol. The highest BCUT2D eigenvalue weighted by molar-refractivity contribution is 5.96. The van der Waals surface area contributed by atoms with Crippen LogP contribution >= 0.6 is 0 Å². The van der Waals surface area contributed by atoms with Crippen LogP contribution in [0.5, 0.6) is 0 Å². The highest BCUT2D eigenvalue weighted by atomic mass is 16.5. The molecule has 0 bridgehead atoms. The van der Waals surface area contributed by atoms with Gasteiger partial charge in [-0.25, -0.2) is 14.6 Å². The molecule has 1 atom stereocenters. The van der Waals surface area contributed by atoms with Crippen LogP contribution in [0.15, 0.2) is 30.6 Å². The number of pyridine rings is 2. The second-order valence-corrected chi connectivity index (χ2v) is 6.72. The molecule has 3 N–H and O–H groups in total. The monoisotopic (exact) mass is 382 g/mol. The van der Waals surface area contributed by atoms with Crippen LogP contribution in [0, 0.1) is 12.8 Å². The predicted octanol–water partition coefficient (Wildman–Crippen LogP) is 2.65. The number of esters is 1. The van der Waals surface area contributed by atoms with Crippen molar-refractivity contribution < 1.29 is 14.3 Å². The first kappa shape index (κ1) is 19.3. The number of carbonyl (C=O) groups is 2. The summed E-state index contributed by atoms with van der Waals surface area (Å²) in [6, 6.07) is 4.21. The van der Waals surface area contributed by atoms with Gasteiger partial charge in [-0.3, -0.25) is 15.4 Å². The molecule has 0 aliphatic heterocycles. The summed E-state index contributed by atoms with van der Waals surface area (Å²) in [6.45, 7) is 5.55. The maximum absolute atomic E-state index is 12.2. The Morgan fingerprint density at radius 1 is 1.21 bits per heavy atom. The number of fused-ring (bicyclic) bond motifs is 1. The number of methoxy groups -OCH3 is 1. The summed E-state index contributed by atoms with van der Waals surface area (Å²) in [7, 11) is 1.28. The average molecular weight is 382 g/mol. The lowest BCUT2D eigenvalue weighted by Gasteiger charge is -2.19. The highest BCUT2D eigenvalue weighted by Crippen LogP contribution is 2.26. The molecule has 2 amide bonds. The minimum Gasteiger partial charge on any atom is -0.467 e. The molecule has 0 spiro atoms. The summed E-state index contributed by atoms with van der Waals surface area (Å²) in [4.78, 5) is 32.5. The Bertz CT molecular complexity index is 1010. The maximum Gasteiger partial charge on any atom is 0.328 e. The van der Waals surface area contributed by atoms with Crippen molar-refractivity contribution >= 4 is 28.7 Å². The molecule has 0 radical (unpaired) electrons. The van der Waals surface area contributed by atoms with Crippen LogP contribution in [-0.2, 0) is 9.53 Å². The van der Waals surface area contributed by atoms with Gasteiger partial charge in [-0.05, 0) is 25.0 Å². The van der Waals surface area contributed by atoms with Gasteiger partial charge in [0.1, 0.15) is 17.6 Å². The molecule has 9 nitrogen and oxygen atoms in total. The lowest BCUT2D eigenvalue weighted by Crippen LogP contribution is -2.46. The normalized spacial score (nSPS) is 12.0. The minimum absolute atomic E-state index is 0.118. The van der Waals surface area contributed by atoms with Crippen LogP contribution in [0.25, 0.3) is 22.2 Å². The molecule has 3 rings (SSSR count). The number of ether oxygens (including phenoxy) is 1. The number of hydrogen-bond donors (Lipinski definition) is 3. The first-order valence-corrected chi connectivity index (χ1v) is 8.81. The number of urea groups is 1. The van der Waals surface area contributed by atoms with Crippen molar-refractivity contribution in [2.45, 2.75) is 26.8 Å². The second-order valence-electron chi connectivity index (χ2n) is 6.72. The van der Waals surface area contributed by atoms with Gasteiger partial charge in [0.25, 0.3) is 0 Å². The smallest absolute Gasteiger partial charge is 0.328 e. The number of aromatic amines is 1. The van der Waals surface area contributed by atoms with E-state index in [1.165, 1.54) is 7.11 Å². The SMILES string of the molecule is COC(=O)[C@@H](NC(=O)Nc1cc2[nH]nc(-c3ccnc(C)c3)c2cn1)C(C)C. The molecule has 0 saturated heterocycles. The van der Waals surface area contributed by atoms with E-state index in [4.69, 9.17) is 4.74 Å². The Kier molecular flexibility index (Phi) is 5.53. The molecular formula is C19H22N6O3. The molecule has 9 heteroatoms. The van der Waals surface area contributed by atoms with E-state index < -0.39 is 18.0 Å². The van der Waals surface area contributed by atoms with Gasteiger partial charge in [-0.15, -0.1) is 0 Å². The van der Waals surface area contributed by atoms with Crippen LogP contribution in [0.2, 0.25) is 0 Å². The summed E-state index contributed by atoms with van der Waals surface area (Å²) in [5.74, 6) is -0.287. The Balaban J connectivity index is 1.78. The van der Waals surface area contributed by atoms with Crippen LogP contribution in [0.3, 0.4) is 0 Å². The standard InChI is InChI=1S/C19H22N6O3/c1-10(2)16(18(26)28-4)23-19(27)22-15-8-14-13(9-21-15)17(25-24-14)12-5-6-20-11(3)7-12/h5-10,16H,1-4H3,(H,24,25)(H2,21,22,23,27)/t16-/m0/s1. The molecule has 0 aromatic carbocycles. The molecule has 3 aromatic rings. The largest absolute Gasteiger partial charge is 0.467 e. The Labute approximate surface area is 161 Å². The summed E-state index contributed by atoms with van der Waals surface area (Å²) >= 11 is 0. The minimum atomic E-state index is -0.748. The quantitative estimate of drug-likeness (QED) is 0.583. The van der Waals surface area contributed by atoms with E-state index in [1.54, 1.807) is 18.5 Å². The van der Waals surface area contributed by atoms with Gasteiger partial charge >= 0.3 is 12.0 Å². The molecule has 0 unspecified atom stereocenters. The third kappa shape index (κ3) is 4.08. The molecule has 28 heavy (non-hydrogen) atoms. The zero-order chi connectivity index (χ0) is 20.3. The topological polar surface area (TPSA) is 122 Å². The summed E-state index contributed by atoms with van der Waals surface area (Å²) in [6.07, 6.45) is 3.37. The Morgan fingerprint density at radius 2 is 2.00 bits per heavy atom. The number of nitrogens with one attached hydrogen (secondary N) is 3. The second kappa shape index (κ2) is 8.03. The number of hydrogen-bond acceptors (Lipinski definition) is 6. The summed E-state index contributed by atoms with van der Waals surface area (Å²) in [5.41, 5.74) is 3.30. The van der Waals surface area contributed by atoms with Crippen molar-refractivity contribution in [3.63, 3.8) is 0 Å². The van der Waals surface area contributed by atoms with E-state index in [0.717, 1.165) is 27.9 Å². The number of aromatic nitrogens is 4. The van der Waals surface area contributed by atoms with Crippen LogP contribution in [-0.4, -0.2) is 45.3 Å². The Hall–Kier alpha value is -3.49. The third-order valence-corrected chi connectivity index (χ3v) is 4.27. The first-order chi connectivity index (χ1) is 13.4. The van der Waals surface area contributed by atoms with Crippen molar-refractivity contribution in [3.8, 4) is 11.3 Å². The van der Waals surface area contributed by atoms with E-state index in [-0.39, 0.29) is 5.92 Å². The molecule has 3 heterocycles. The lowest BCUT2D eigenvalue weighted by atomic mass is 10.1. The third-order valence-electron chi connectivity index (χ3n) is 4.27. The van der Waals surface area contributed by atoms with Crippen molar-refractivity contribution in [2.24, 2.45) is 5.92 Å². The molecule has 0 aliphatic rings. The van der Waals surface area contributed by atoms with E-state index in [0.29, 0.717) is 5.82 Å². The van der Waals surface area contributed by atoms with Gasteiger partial charge < -0.3 is 10.1 Å². The highest BCUT2D eigenvalue weighted by Gasteiger charge is 2.25. The van der Waals surface area contributed by atoms with Crippen molar-refractivity contribution in [1.82, 2.24) is 25.5 Å². The van der Waals surface area contributed by atoms with Crippen LogP contribution in [0.1, 0.15) is 19.5 Å². The molecule has 0 aliphatic carbocycles. The number of H-pyrrole nitrogens is 1. The number of anilines is 1. The number of nitrogens with zero attached hydrogens (tertiary/aromatic N) is 3. The van der Waals surface area contributed by atoms with Gasteiger partial charge in [0, 0.05) is 35.1 Å². The van der Waals surface area contributed by atoms with E-state index in [1.807, 2.05) is 32.9 Å². The molecule has 0 fully saturated rings. The Morgan fingerprint density at radius 3 is 2.68 bits per heavy atom. The molecule has 146 valence electrons. The lowest BCUT2D eigenvalue weighted by molar-refractivity contribution is -0.143. The average Bonchev–Trinajstić information content (AvgIpc) is 3.08. The van der Waals surface area contributed by atoms with Crippen molar-refractivity contribution in [2.75, 3.05) is 12.4 Å². The van der Waals surface area contributed by atoms with E-state index in [9.17, 15) is 9.59 Å². The molecular weight excluding hydrogens is 360 g/mol.